The van der Waals surface area contributed by atoms with Crippen molar-refractivity contribution >= 4 is 22.1 Å². The monoisotopic (exact) mass is 206 g/mol. The van der Waals surface area contributed by atoms with Gasteiger partial charge in [0.2, 0.25) is 0 Å². The van der Waals surface area contributed by atoms with Gasteiger partial charge >= 0.3 is 0 Å². The first kappa shape index (κ1) is 9.43. The third-order valence-electron chi connectivity index (χ3n) is 1.97. The topological polar surface area (TPSA) is 48.8 Å². The van der Waals surface area contributed by atoms with Crippen molar-refractivity contribution in [1.29, 1.82) is 0 Å². The van der Waals surface area contributed by atoms with Crippen LogP contribution in [0.2, 0.25) is 0 Å². The van der Waals surface area contributed by atoms with Crippen molar-refractivity contribution < 1.29 is 4.55 Å². The van der Waals surface area contributed by atoms with Gasteiger partial charge in [-0.25, -0.2) is 9.97 Å². The largest absolute Gasteiger partial charge is 0.616 e. The van der Waals surface area contributed by atoms with Crippen LogP contribution in [0.1, 0.15) is 5.69 Å². The average Bonchev–Trinajstić information content (AvgIpc) is 2.18. The zero-order chi connectivity index (χ0) is 9.97. The molecule has 0 saturated carbocycles. The SMILES string of the molecule is C[S+]([O-])Cc1ncnc2ccccc12. The highest BCUT2D eigenvalue weighted by molar-refractivity contribution is 7.89. The summed E-state index contributed by atoms with van der Waals surface area (Å²) in [5, 5.41) is 0.991. The highest BCUT2D eigenvalue weighted by Crippen LogP contribution is 2.15. The van der Waals surface area contributed by atoms with Gasteiger partial charge in [-0.05, 0) is 6.07 Å². The van der Waals surface area contributed by atoms with Gasteiger partial charge in [-0.3, -0.25) is 0 Å². The number of hydrogen-bond donors (Lipinski definition) is 0. The molecular weight excluding hydrogens is 196 g/mol. The Morgan fingerprint density at radius 2 is 2.07 bits per heavy atom. The third-order valence-corrected chi connectivity index (χ3v) is 2.65. The second-order valence-electron chi connectivity index (χ2n) is 3.06. The van der Waals surface area contributed by atoms with Crippen molar-refractivity contribution in [3.63, 3.8) is 0 Å². The summed E-state index contributed by atoms with van der Waals surface area (Å²) in [6.45, 7) is 0. The molecule has 0 saturated heterocycles. The molecule has 2 rings (SSSR count). The molecule has 0 amide bonds. The molecule has 4 heteroatoms. The van der Waals surface area contributed by atoms with E-state index in [1.165, 1.54) is 6.33 Å². The molecule has 0 spiro atoms. The first-order chi connectivity index (χ1) is 6.77. The van der Waals surface area contributed by atoms with Crippen LogP contribution in [-0.2, 0) is 16.9 Å². The van der Waals surface area contributed by atoms with E-state index in [9.17, 15) is 4.55 Å². The lowest BCUT2D eigenvalue weighted by molar-refractivity contribution is 0.599. The fourth-order valence-electron chi connectivity index (χ4n) is 1.37. The number of nitrogens with zero attached hydrogens (tertiary/aromatic N) is 2. The fourth-order valence-corrected chi connectivity index (χ4v) is 1.98. The fraction of sp³-hybridized carbons (Fsp3) is 0.200. The van der Waals surface area contributed by atoms with Crippen molar-refractivity contribution in [2.75, 3.05) is 6.26 Å². The van der Waals surface area contributed by atoms with Crippen LogP contribution in [0.5, 0.6) is 0 Å². The van der Waals surface area contributed by atoms with E-state index in [0.717, 1.165) is 16.6 Å². The summed E-state index contributed by atoms with van der Waals surface area (Å²) in [6.07, 6.45) is 3.20. The zero-order valence-electron chi connectivity index (χ0n) is 7.80. The van der Waals surface area contributed by atoms with Gasteiger partial charge in [0.25, 0.3) is 0 Å². The molecule has 0 aliphatic rings. The predicted octanol–water partition coefficient (Wildman–Crippen LogP) is 1.51. The quantitative estimate of drug-likeness (QED) is 0.700. The van der Waals surface area contributed by atoms with Crippen molar-refractivity contribution in [1.82, 2.24) is 9.97 Å². The summed E-state index contributed by atoms with van der Waals surface area (Å²) in [5.41, 5.74) is 1.76. The molecule has 1 aromatic carbocycles. The lowest BCUT2D eigenvalue weighted by Crippen LogP contribution is -2.03. The van der Waals surface area contributed by atoms with E-state index >= 15 is 0 Å². The minimum Gasteiger partial charge on any atom is -0.616 e. The molecular formula is C10H10N2OS. The highest BCUT2D eigenvalue weighted by atomic mass is 32.2. The first-order valence-electron chi connectivity index (χ1n) is 4.26. The number of para-hydroxylation sites is 1. The summed E-state index contributed by atoms with van der Waals surface area (Å²) < 4.78 is 11.1. The summed E-state index contributed by atoms with van der Waals surface area (Å²) in [6, 6.07) is 7.76. The molecule has 14 heavy (non-hydrogen) atoms. The van der Waals surface area contributed by atoms with Gasteiger partial charge in [-0.1, -0.05) is 29.4 Å². The van der Waals surface area contributed by atoms with Gasteiger partial charge in [0.1, 0.15) is 17.8 Å². The minimum absolute atomic E-state index is 0.489. The van der Waals surface area contributed by atoms with Gasteiger partial charge in [0.05, 0.1) is 11.8 Å². The zero-order valence-corrected chi connectivity index (χ0v) is 8.62. The lowest BCUT2D eigenvalue weighted by atomic mass is 10.2. The van der Waals surface area contributed by atoms with E-state index in [1.54, 1.807) is 6.26 Å². The van der Waals surface area contributed by atoms with E-state index in [-0.39, 0.29) is 0 Å². The molecule has 2 aromatic rings. The number of fused-ring (bicyclic) bond motifs is 1. The Morgan fingerprint density at radius 3 is 2.86 bits per heavy atom. The van der Waals surface area contributed by atoms with Crippen LogP contribution in [0, 0.1) is 0 Å². The summed E-state index contributed by atoms with van der Waals surface area (Å²) in [4.78, 5) is 8.28. The van der Waals surface area contributed by atoms with Gasteiger partial charge in [-0.2, -0.15) is 0 Å². The molecule has 3 nitrogen and oxygen atoms in total. The van der Waals surface area contributed by atoms with Crippen molar-refractivity contribution in [3.8, 4) is 0 Å². The van der Waals surface area contributed by atoms with Gasteiger partial charge < -0.3 is 4.55 Å². The Morgan fingerprint density at radius 1 is 1.29 bits per heavy atom. The molecule has 1 atom stereocenters. The smallest absolute Gasteiger partial charge is 0.147 e. The second kappa shape index (κ2) is 3.94. The number of rotatable bonds is 2. The van der Waals surface area contributed by atoms with E-state index in [1.807, 2.05) is 24.3 Å². The lowest BCUT2D eigenvalue weighted by Gasteiger charge is -2.06. The van der Waals surface area contributed by atoms with E-state index in [2.05, 4.69) is 9.97 Å². The molecule has 0 fully saturated rings. The van der Waals surface area contributed by atoms with E-state index in [4.69, 9.17) is 0 Å². The van der Waals surface area contributed by atoms with Crippen LogP contribution in [0.4, 0.5) is 0 Å². The normalized spacial score (nSPS) is 13.0. The van der Waals surface area contributed by atoms with E-state index < -0.39 is 11.2 Å². The Hall–Kier alpha value is -1.13. The van der Waals surface area contributed by atoms with Crippen LogP contribution < -0.4 is 0 Å². The molecule has 0 aliphatic heterocycles. The van der Waals surface area contributed by atoms with Crippen molar-refractivity contribution in [3.05, 3.63) is 36.3 Å². The molecule has 72 valence electrons. The van der Waals surface area contributed by atoms with Crippen molar-refractivity contribution in [2.24, 2.45) is 0 Å². The van der Waals surface area contributed by atoms with Crippen molar-refractivity contribution in [2.45, 2.75) is 5.75 Å². The van der Waals surface area contributed by atoms with Gasteiger partial charge in [0.15, 0.2) is 0 Å². The third kappa shape index (κ3) is 1.86. The molecule has 0 radical (unpaired) electrons. The minimum atomic E-state index is -0.863. The maximum atomic E-state index is 11.1. The number of aromatic nitrogens is 2. The van der Waals surface area contributed by atoms with Crippen LogP contribution in [0.15, 0.2) is 30.6 Å². The van der Waals surface area contributed by atoms with Gasteiger partial charge in [0, 0.05) is 5.39 Å². The molecule has 1 aromatic heterocycles. The van der Waals surface area contributed by atoms with Crippen LogP contribution in [0.3, 0.4) is 0 Å². The molecule has 0 N–H and O–H groups in total. The van der Waals surface area contributed by atoms with E-state index in [0.29, 0.717) is 5.75 Å². The maximum absolute atomic E-state index is 11.1. The average molecular weight is 206 g/mol. The Balaban J connectivity index is 2.53. The Kier molecular flexibility index (Phi) is 2.65. The molecule has 0 aliphatic carbocycles. The second-order valence-corrected chi connectivity index (χ2v) is 4.49. The summed E-state index contributed by atoms with van der Waals surface area (Å²) >= 11 is -0.863. The van der Waals surface area contributed by atoms with Crippen LogP contribution >= 0.6 is 0 Å². The Bertz CT molecular complexity index is 440. The molecule has 1 heterocycles. The number of hydrogen-bond acceptors (Lipinski definition) is 3. The van der Waals surface area contributed by atoms with Gasteiger partial charge in [-0.15, -0.1) is 0 Å². The highest BCUT2D eigenvalue weighted by Gasteiger charge is 2.07. The predicted molar refractivity (Wildman–Crippen MR) is 57.3 cm³/mol. The first-order valence-corrected chi connectivity index (χ1v) is 5.99. The van der Waals surface area contributed by atoms with Crippen LogP contribution in [-0.4, -0.2) is 20.8 Å². The molecule has 0 bridgehead atoms. The standard InChI is InChI=1S/C10H10N2OS/c1-14(13)6-10-8-4-2-3-5-9(8)11-7-12-10/h2-5,7H,6H2,1H3. The maximum Gasteiger partial charge on any atom is 0.147 e. The summed E-state index contributed by atoms with van der Waals surface area (Å²) in [5.74, 6) is 0.489. The van der Waals surface area contributed by atoms with Crippen LogP contribution in [0.25, 0.3) is 10.9 Å². The Labute approximate surface area is 85.4 Å². The summed E-state index contributed by atoms with van der Waals surface area (Å²) in [7, 11) is 0. The number of benzene rings is 1. The molecule has 1 unspecified atom stereocenters.